The second-order valence-electron chi connectivity index (χ2n) is 3.97. The van der Waals surface area contributed by atoms with E-state index in [0.717, 1.165) is 0 Å². The number of carboxylic acids is 1. The van der Waals surface area contributed by atoms with Gasteiger partial charge in [-0.05, 0) is 19.8 Å². The lowest BCUT2D eigenvalue weighted by Crippen LogP contribution is -2.46. The fourth-order valence-corrected chi connectivity index (χ4v) is 2.65. The van der Waals surface area contributed by atoms with Crippen LogP contribution in [0.2, 0.25) is 0 Å². The van der Waals surface area contributed by atoms with Gasteiger partial charge in [-0.25, -0.2) is 13.1 Å². The highest BCUT2D eigenvalue weighted by atomic mass is 32.2. The molecule has 1 fully saturated rings. The Hall–Kier alpha value is -0.660. The molecule has 0 unspecified atom stereocenters. The van der Waals surface area contributed by atoms with E-state index in [4.69, 9.17) is 5.11 Å². The molecule has 2 N–H and O–H groups in total. The highest BCUT2D eigenvalue weighted by Gasteiger charge is 2.23. The molecule has 1 saturated heterocycles. The zero-order chi connectivity index (χ0) is 12.2. The summed E-state index contributed by atoms with van der Waals surface area (Å²) in [7, 11) is -3.14. The second-order valence-corrected chi connectivity index (χ2v) is 6.01. The molecule has 0 radical (unpaired) electrons. The quantitative estimate of drug-likeness (QED) is 0.685. The van der Waals surface area contributed by atoms with Gasteiger partial charge in [0.1, 0.15) is 0 Å². The number of sulfonamides is 1. The lowest BCUT2D eigenvalue weighted by Gasteiger charge is -2.30. The van der Waals surface area contributed by atoms with Gasteiger partial charge in [0.25, 0.3) is 0 Å². The number of carboxylic acid groups (broad SMARTS) is 1. The Kier molecular flexibility index (Phi) is 4.69. The van der Waals surface area contributed by atoms with E-state index in [1.54, 1.807) is 6.92 Å². The number of aliphatic carboxylic acids is 1. The summed E-state index contributed by atoms with van der Waals surface area (Å²) in [5, 5.41) is 8.60. The zero-order valence-electron chi connectivity index (χ0n) is 9.35. The van der Waals surface area contributed by atoms with E-state index < -0.39 is 16.0 Å². The summed E-state index contributed by atoms with van der Waals surface area (Å²) in [5.74, 6) is -0.755. The van der Waals surface area contributed by atoms with Crippen molar-refractivity contribution in [1.82, 2.24) is 9.62 Å². The Morgan fingerprint density at radius 2 is 2.00 bits per heavy atom. The molecule has 1 rings (SSSR count). The van der Waals surface area contributed by atoms with Crippen molar-refractivity contribution in [2.45, 2.75) is 25.8 Å². The number of nitrogens with one attached hydrogen (secondary N) is 1. The first-order valence-corrected chi connectivity index (χ1v) is 7.02. The summed E-state index contributed by atoms with van der Waals surface area (Å²) in [6.45, 7) is 2.89. The lowest BCUT2D eigenvalue weighted by molar-refractivity contribution is -0.138. The molecule has 1 aliphatic heterocycles. The minimum absolute atomic E-state index is 0.0350. The smallest absolute Gasteiger partial charge is 0.317 e. The summed E-state index contributed by atoms with van der Waals surface area (Å²) in [6.07, 6.45) is 1.35. The molecule has 0 bridgehead atoms. The number of likely N-dealkylation sites (tertiary alicyclic amines) is 1. The van der Waals surface area contributed by atoms with Gasteiger partial charge in [0.2, 0.25) is 10.0 Å². The monoisotopic (exact) mass is 250 g/mol. The van der Waals surface area contributed by atoms with E-state index in [1.165, 1.54) is 0 Å². The van der Waals surface area contributed by atoms with Crippen LogP contribution in [0.15, 0.2) is 0 Å². The van der Waals surface area contributed by atoms with E-state index in [-0.39, 0.29) is 18.3 Å². The SMILES string of the molecule is CCS(=O)(=O)NC1CCN(CC(=O)O)CC1. The van der Waals surface area contributed by atoms with Crippen LogP contribution in [0.1, 0.15) is 19.8 Å². The molecule has 0 aromatic carbocycles. The van der Waals surface area contributed by atoms with Crippen LogP contribution in [0.5, 0.6) is 0 Å². The minimum Gasteiger partial charge on any atom is -0.480 e. The highest BCUT2D eigenvalue weighted by molar-refractivity contribution is 7.89. The number of rotatable bonds is 5. The van der Waals surface area contributed by atoms with Crippen LogP contribution in [0.4, 0.5) is 0 Å². The number of nitrogens with zero attached hydrogens (tertiary/aromatic N) is 1. The number of hydrogen-bond acceptors (Lipinski definition) is 4. The summed E-state index contributed by atoms with van der Waals surface area (Å²) >= 11 is 0. The topological polar surface area (TPSA) is 86.7 Å². The molecule has 7 heteroatoms. The Balaban J connectivity index is 2.35. The molecule has 0 saturated carbocycles. The van der Waals surface area contributed by atoms with Crippen molar-refractivity contribution < 1.29 is 18.3 Å². The van der Waals surface area contributed by atoms with E-state index in [1.807, 2.05) is 4.90 Å². The van der Waals surface area contributed by atoms with Gasteiger partial charge >= 0.3 is 5.97 Å². The molecule has 6 nitrogen and oxygen atoms in total. The van der Waals surface area contributed by atoms with Crippen LogP contribution in [0.25, 0.3) is 0 Å². The fourth-order valence-electron chi connectivity index (χ4n) is 1.74. The van der Waals surface area contributed by atoms with Crippen LogP contribution in [-0.2, 0) is 14.8 Å². The van der Waals surface area contributed by atoms with Gasteiger partial charge in [0.05, 0.1) is 12.3 Å². The Bertz CT molecular complexity index is 333. The maximum atomic E-state index is 11.3. The van der Waals surface area contributed by atoms with Crippen molar-refractivity contribution in [3.8, 4) is 0 Å². The normalized spacial score (nSPS) is 19.8. The maximum Gasteiger partial charge on any atom is 0.317 e. The molecule has 16 heavy (non-hydrogen) atoms. The first kappa shape index (κ1) is 13.4. The average Bonchev–Trinajstić information content (AvgIpc) is 2.20. The number of carbonyl (C=O) groups is 1. The summed E-state index contributed by atoms with van der Waals surface area (Å²) in [4.78, 5) is 12.3. The molecule has 0 atom stereocenters. The zero-order valence-corrected chi connectivity index (χ0v) is 10.2. The van der Waals surface area contributed by atoms with Crippen molar-refractivity contribution in [3.63, 3.8) is 0 Å². The van der Waals surface area contributed by atoms with Gasteiger partial charge in [-0.2, -0.15) is 0 Å². The molecule has 0 spiro atoms. The molecule has 1 heterocycles. The van der Waals surface area contributed by atoms with E-state index in [0.29, 0.717) is 25.9 Å². The van der Waals surface area contributed by atoms with E-state index in [9.17, 15) is 13.2 Å². The maximum absolute atomic E-state index is 11.3. The lowest BCUT2D eigenvalue weighted by atomic mass is 10.1. The molecule has 0 aliphatic carbocycles. The summed E-state index contributed by atoms with van der Waals surface area (Å²) in [5.41, 5.74) is 0. The van der Waals surface area contributed by atoms with Crippen LogP contribution in [0.3, 0.4) is 0 Å². The van der Waals surface area contributed by atoms with Crippen LogP contribution in [-0.4, -0.2) is 55.8 Å². The van der Waals surface area contributed by atoms with Crippen molar-refractivity contribution in [2.24, 2.45) is 0 Å². The third kappa shape index (κ3) is 4.46. The predicted octanol–water partition coefficient (Wildman–Crippen LogP) is -0.525. The van der Waals surface area contributed by atoms with Crippen molar-refractivity contribution >= 4 is 16.0 Å². The van der Waals surface area contributed by atoms with Crippen LogP contribution in [0, 0.1) is 0 Å². The third-order valence-corrected chi connectivity index (χ3v) is 4.13. The van der Waals surface area contributed by atoms with Crippen LogP contribution < -0.4 is 4.72 Å². The van der Waals surface area contributed by atoms with Crippen molar-refractivity contribution in [1.29, 1.82) is 0 Å². The molecule has 0 amide bonds. The highest BCUT2D eigenvalue weighted by Crippen LogP contribution is 2.10. The predicted molar refractivity (Wildman–Crippen MR) is 59.7 cm³/mol. The van der Waals surface area contributed by atoms with Gasteiger partial charge in [0.15, 0.2) is 0 Å². The van der Waals surface area contributed by atoms with Crippen molar-refractivity contribution in [3.05, 3.63) is 0 Å². The van der Waals surface area contributed by atoms with Crippen LogP contribution >= 0.6 is 0 Å². The molecule has 94 valence electrons. The van der Waals surface area contributed by atoms with Gasteiger partial charge in [-0.3, -0.25) is 9.69 Å². The summed E-state index contributed by atoms with van der Waals surface area (Å²) < 4.78 is 25.2. The second kappa shape index (κ2) is 5.60. The van der Waals surface area contributed by atoms with Gasteiger partial charge < -0.3 is 5.11 Å². The third-order valence-electron chi connectivity index (χ3n) is 2.67. The fraction of sp³-hybridized carbons (Fsp3) is 0.889. The van der Waals surface area contributed by atoms with Gasteiger partial charge in [-0.15, -0.1) is 0 Å². The van der Waals surface area contributed by atoms with Gasteiger partial charge in [0, 0.05) is 19.1 Å². The first-order chi connectivity index (χ1) is 7.43. The Labute approximate surface area is 95.7 Å². The Morgan fingerprint density at radius 3 is 2.44 bits per heavy atom. The standard InChI is InChI=1S/C9H18N2O4S/c1-2-16(14,15)10-8-3-5-11(6-4-8)7-9(12)13/h8,10H,2-7H2,1H3,(H,12,13). The largest absolute Gasteiger partial charge is 0.480 e. The molecule has 0 aromatic heterocycles. The van der Waals surface area contributed by atoms with Crippen molar-refractivity contribution in [2.75, 3.05) is 25.4 Å². The molecular weight excluding hydrogens is 232 g/mol. The Morgan fingerprint density at radius 1 is 1.44 bits per heavy atom. The molecule has 1 aliphatic rings. The number of piperidine rings is 1. The van der Waals surface area contributed by atoms with E-state index in [2.05, 4.69) is 4.72 Å². The molecule has 0 aromatic rings. The van der Waals surface area contributed by atoms with E-state index >= 15 is 0 Å². The first-order valence-electron chi connectivity index (χ1n) is 5.37. The average molecular weight is 250 g/mol. The summed E-state index contributed by atoms with van der Waals surface area (Å²) in [6, 6.07) is -0.0463. The van der Waals surface area contributed by atoms with Gasteiger partial charge in [-0.1, -0.05) is 0 Å². The molecular formula is C9H18N2O4S. The minimum atomic E-state index is -3.14. The number of hydrogen-bond donors (Lipinski definition) is 2.